The van der Waals surface area contributed by atoms with E-state index in [1.54, 1.807) is 0 Å². The van der Waals surface area contributed by atoms with Crippen LogP contribution in [0.2, 0.25) is 5.15 Å². The molecule has 0 spiro atoms. The summed E-state index contributed by atoms with van der Waals surface area (Å²) in [6.07, 6.45) is 3.35. The number of hydrogen-bond donors (Lipinski definition) is 0. The van der Waals surface area contributed by atoms with Crippen LogP contribution < -0.4 is 0 Å². The second-order valence-electron chi connectivity index (χ2n) is 4.59. The maximum atomic E-state index is 5.91. The van der Waals surface area contributed by atoms with Crippen LogP contribution in [0.1, 0.15) is 44.4 Å². The summed E-state index contributed by atoms with van der Waals surface area (Å²) in [6.45, 7) is 6.71. The molecule has 0 bridgehead atoms. The molecule has 1 heterocycles. The van der Waals surface area contributed by atoms with Crippen molar-refractivity contribution in [2.45, 2.75) is 33.1 Å². The molecule has 0 aliphatic heterocycles. The lowest BCUT2D eigenvalue weighted by molar-refractivity contribution is 0.644. The first kappa shape index (κ1) is 10.7. The average molecular weight is 222 g/mol. The van der Waals surface area contributed by atoms with Gasteiger partial charge in [0.15, 0.2) is 0 Å². The standard InChI is InChI=1S/C13H16ClN/c1-8(2)10-6-9(3)11-4-5-13(14)15-12(11)7-10/h4-5,7-9H,6H2,1-3H3. The van der Waals surface area contributed by atoms with Gasteiger partial charge in [-0.05, 0) is 36.0 Å². The van der Waals surface area contributed by atoms with Gasteiger partial charge in [-0.2, -0.15) is 0 Å². The molecule has 0 radical (unpaired) electrons. The van der Waals surface area contributed by atoms with Crippen molar-refractivity contribution >= 4 is 17.7 Å². The molecule has 0 N–H and O–H groups in total. The maximum Gasteiger partial charge on any atom is 0.129 e. The Morgan fingerprint density at radius 2 is 2.13 bits per heavy atom. The predicted molar refractivity (Wildman–Crippen MR) is 65.1 cm³/mol. The van der Waals surface area contributed by atoms with Crippen LogP contribution in [0.5, 0.6) is 0 Å². The number of pyridine rings is 1. The molecular weight excluding hydrogens is 206 g/mol. The molecule has 80 valence electrons. The highest BCUT2D eigenvalue weighted by atomic mass is 35.5. The molecular formula is C13H16ClN. The fraction of sp³-hybridized carbons (Fsp3) is 0.462. The molecule has 1 nitrogen and oxygen atoms in total. The zero-order chi connectivity index (χ0) is 11.0. The molecule has 1 aliphatic rings. The highest BCUT2D eigenvalue weighted by molar-refractivity contribution is 6.29. The van der Waals surface area contributed by atoms with E-state index >= 15 is 0 Å². The van der Waals surface area contributed by atoms with Crippen LogP contribution in [0, 0.1) is 5.92 Å². The Morgan fingerprint density at radius 3 is 2.80 bits per heavy atom. The zero-order valence-electron chi connectivity index (χ0n) is 9.42. The molecule has 15 heavy (non-hydrogen) atoms. The van der Waals surface area contributed by atoms with Crippen molar-refractivity contribution < 1.29 is 0 Å². The van der Waals surface area contributed by atoms with Crippen molar-refractivity contribution in [2.75, 3.05) is 0 Å². The first-order valence-electron chi connectivity index (χ1n) is 5.45. The number of rotatable bonds is 1. The van der Waals surface area contributed by atoms with E-state index in [1.165, 1.54) is 11.1 Å². The number of fused-ring (bicyclic) bond motifs is 1. The van der Waals surface area contributed by atoms with Crippen molar-refractivity contribution in [3.8, 4) is 0 Å². The fourth-order valence-electron chi connectivity index (χ4n) is 2.09. The Hall–Kier alpha value is -0.820. The Kier molecular flexibility index (Phi) is 2.83. The minimum Gasteiger partial charge on any atom is -0.236 e. The topological polar surface area (TPSA) is 12.9 Å². The Morgan fingerprint density at radius 1 is 1.40 bits per heavy atom. The van der Waals surface area contributed by atoms with E-state index in [4.69, 9.17) is 11.6 Å². The summed E-state index contributed by atoms with van der Waals surface area (Å²) >= 11 is 5.91. The minimum atomic E-state index is 0.562. The van der Waals surface area contributed by atoms with Crippen LogP contribution in [0.3, 0.4) is 0 Å². The maximum absolute atomic E-state index is 5.91. The van der Waals surface area contributed by atoms with Gasteiger partial charge >= 0.3 is 0 Å². The third kappa shape index (κ3) is 2.07. The highest BCUT2D eigenvalue weighted by Crippen LogP contribution is 2.35. The minimum absolute atomic E-state index is 0.562. The van der Waals surface area contributed by atoms with Gasteiger partial charge in [-0.15, -0.1) is 0 Å². The predicted octanol–water partition coefficient (Wildman–Crippen LogP) is 4.28. The molecule has 1 atom stereocenters. The van der Waals surface area contributed by atoms with Crippen LogP contribution in [-0.2, 0) is 0 Å². The number of nitrogens with zero attached hydrogens (tertiary/aromatic N) is 1. The molecule has 1 aromatic heterocycles. The van der Waals surface area contributed by atoms with E-state index < -0.39 is 0 Å². The SMILES string of the molecule is CC(C)C1=Cc2nc(Cl)ccc2C(C)C1. The van der Waals surface area contributed by atoms with Gasteiger partial charge in [0.25, 0.3) is 0 Å². The summed E-state index contributed by atoms with van der Waals surface area (Å²) in [4.78, 5) is 4.39. The van der Waals surface area contributed by atoms with Gasteiger partial charge in [0, 0.05) is 0 Å². The summed E-state index contributed by atoms with van der Waals surface area (Å²) < 4.78 is 0. The monoisotopic (exact) mass is 221 g/mol. The third-order valence-electron chi connectivity index (χ3n) is 3.06. The third-order valence-corrected chi connectivity index (χ3v) is 3.27. The molecule has 2 heteroatoms. The molecule has 1 unspecified atom stereocenters. The molecule has 1 aromatic rings. The number of allylic oxidation sites excluding steroid dienone is 1. The fourth-order valence-corrected chi connectivity index (χ4v) is 2.25. The number of halogens is 1. The van der Waals surface area contributed by atoms with Crippen LogP contribution in [0.4, 0.5) is 0 Å². The second kappa shape index (κ2) is 3.97. The average Bonchev–Trinajstić information content (AvgIpc) is 2.16. The van der Waals surface area contributed by atoms with E-state index in [-0.39, 0.29) is 0 Å². The van der Waals surface area contributed by atoms with E-state index in [1.807, 2.05) is 6.07 Å². The summed E-state index contributed by atoms with van der Waals surface area (Å²) in [7, 11) is 0. The number of hydrogen-bond acceptors (Lipinski definition) is 1. The van der Waals surface area contributed by atoms with Gasteiger partial charge < -0.3 is 0 Å². The lowest BCUT2D eigenvalue weighted by Crippen LogP contribution is -2.09. The molecule has 0 fully saturated rings. The first-order valence-corrected chi connectivity index (χ1v) is 5.82. The Balaban J connectivity index is 2.49. The summed E-state index contributed by atoms with van der Waals surface area (Å²) in [5.41, 5.74) is 3.86. The van der Waals surface area contributed by atoms with Crippen molar-refractivity contribution in [1.29, 1.82) is 0 Å². The van der Waals surface area contributed by atoms with Crippen molar-refractivity contribution in [3.05, 3.63) is 34.1 Å². The van der Waals surface area contributed by atoms with Crippen molar-refractivity contribution in [1.82, 2.24) is 4.98 Å². The smallest absolute Gasteiger partial charge is 0.129 e. The molecule has 0 amide bonds. The van der Waals surface area contributed by atoms with Gasteiger partial charge in [0.1, 0.15) is 5.15 Å². The van der Waals surface area contributed by atoms with Gasteiger partial charge in [0.05, 0.1) is 5.69 Å². The van der Waals surface area contributed by atoms with E-state index in [0.29, 0.717) is 17.0 Å². The largest absolute Gasteiger partial charge is 0.236 e. The van der Waals surface area contributed by atoms with Crippen LogP contribution >= 0.6 is 11.6 Å². The molecule has 2 rings (SSSR count). The summed E-state index contributed by atoms with van der Waals surface area (Å²) in [6, 6.07) is 3.98. The van der Waals surface area contributed by atoms with Crippen molar-refractivity contribution in [3.63, 3.8) is 0 Å². The lowest BCUT2D eigenvalue weighted by Gasteiger charge is -2.24. The molecule has 0 saturated carbocycles. The van der Waals surface area contributed by atoms with Crippen LogP contribution in [-0.4, -0.2) is 4.98 Å². The lowest BCUT2D eigenvalue weighted by atomic mass is 9.83. The second-order valence-corrected chi connectivity index (χ2v) is 4.97. The van der Waals surface area contributed by atoms with E-state index in [9.17, 15) is 0 Å². The summed E-state index contributed by atoms with van der Waals surface area (Å²) in [5.74, 6) is 1.16. The quantitative estimate of drug-likeness (QED) is 0.645. The Bertz CT molecular complexity index is 407. The zero-order valence-corrected chi connectivity index (χ0v) is 10.2. The van der Waals surface area contributed by atoms with Gasteiger partial charge in [-0.3, -0.25) is 0 Å². The van der Waals surface area contributed by atoms with Gasteiger partial charge in [-0.1, -0.05) is 44.0 Å². The highest BCUT2D eigenvalue weighted by Gasteiger charge is 2.20. The first-order chi connectivity index (χ1) is 7.08. The molecule has 1 aliphatic carbocycles. The normalized spacial score (nSPS) is 20.1. The van der Waals surface area contributed by atoms with Crippen LogP contribution in [0.25, 0.3) is 6.08 Å². The summed E-state index contributed by atoms with van der Waals surface area (Å²) in [5, 5.41) is 0.585. The van der Waals surface area contributed by atoms with Crippen molar-refractivity contribution in [2.24, 2.45) is 5.92 Å². The van der Waals surface area contributed by atoms with E-state index in [0.717, 1.165) is 12.1 Å². The number of aromatic nitrogens is 1. The Labute approximate surface area is 96.2 Å². The van der Waals surface area contributed by atoms with E-state index in [2.05, 4.69) is 37.9 Å². The molecule has 0 saturated heterocycles. The molecule has 0 aromatic carbocycles. The van der Waals surface area contributed by atoms with Gasteiger partial charge in [-0.25, -0.2) is 4.98 Å². The van der Waals surface area contributed by atoms with Crippen LogP contribution in [0.15, 0.2) is 17.7 Å². The van der Waals surface area contributed by atoms with Gasteiger partial charge in [0.2, 0.25) is 0 Å².